The van der Waals surface area contributed by atoms with E-state index in [2.05, 4.69) is 0 Å². The van der Waals surface area contributed by atoms with Crippen LogP contribution in [-0.4, -0.2) is 94.6 Å². The number of rotatable bonds is 2. The van der Waals surface area contributed by atoms with Crippen LogP contribution in [0.2, 0.25) is 0 Å². The zero-order valence-electron chi connectivity index (χ0n) is 26.5. The van der Waals surface area contributed by atoms with Crippen LogP contribution in [0.15, 0.2) is 0 Å². The number of hydrogen-bond acceptors (Lipinski definition) is 10. The highest BCUT2D eigenvalue weighted by atomic mass is 16.6. The summed E-state index contributed by atoms with van der Waals surface area (Å²) in [6.07, 6.45) is -0.891. The highest BCUT2D eigenvalue weighted by molar-refractivity contribution is 5.78. The maximum Gasteiger partial charge on any atom is 0.410 e. The Kier molecular flexibility index (Phi) is 11.5. The fourth-order valence-corrected chi connectivity index (χ4v) is 3.86. The smallest absolute Gasteiger partial charge is 0.410 e. The maximum atomic E-state index is 12.0. The molecule has 0 spiro atoms. The summed E-state index contributed by atoms with van der Waals surface area (Å²) < 4.78 is 21.2. The number of carbonyl (C=O) groups excluding carboxylic acids is 4. The first-order chi connectivity index (χ1) is 17.8. The summed E-state index contributed by atoms with van der Waals surface area (Å²) in [5.41, 5.74) is 9.63. The molecule has 0 aromatic carbocycles. The summed E-state index contributed by atoms with van der Waals surface area (Å²) in [7, 11) is 0. The van der Waals surface area contributed by atoms with Crippen molar-refractivity contribution in [2.24, 2.45) is 23.3 Å². The molecule has 12 nitrogen and oxygen atoms in total. The van der Waals surface area contributed by atoms with Crippen molar-refractivity contribution in [2.75, 3.05) is 26.2 Å². The van der Waals surface area contributed by atoms with E-state index in [1.54, 1.807) is 83.1 Å². The van der Waals surface area contributed by atoms with Crippen LogP contribution in [0.1, 0.15) is 83.1 Å². The van der Waals surface area contributed by atoms with Crippen LogP contribution >= 0.6 is 0 Å². The van der Waals surface area contributed by atoms with Gasteiger partial charge in [-0.1, -0.05) is 0 Å². The van der Waals surface area contributed by atoms with Gasteiger partial charge in [-0.25, -0.2) is 9.59 Å². The lowest BCUT2D eigenvalue weighted by molar-refractivity contribution is -0.161. The quantitative estimate of drug-likeness (QED) is 0.371. The molecule has 0 bridgehead atoms. The average Bonchev–Trinajstić information content (AvgIpc) is 3.26. The summed E-state index contributed by atoms with van der Waals surface area (Å²) in [6.45, 7) is 22.7. The lowest BCUT2D eigenvalue weighted by Gasteiger charge is -2.25. The molecule has 2 amide bonds. The first kappa shape index (κ1) is 35.4. The van der Waals surface area contributed by atoms with E-state index in [0.717, 1.165) is 0 Å². The lowest BCUT2D eigenvalue weighted by atomic mass is 10.0. The number of amides is 2. The van der Waals surface area contributed by atoms with Gasteiger partial charge in [-0.3, -0.25) is 9.59 Å². The summed E-state index contributed by atoms with van der Waals surface area (Å²) in [5.74, 6) is -1.73. The predicted molar refractivity (Wildman–Crippen MR) is 150 cm³/mol. The van der Waals surface area contributed by atoms with Crippen LogP contribution < -0.4 is 11.5 Å². The van der Waals surface area contributed by atoms with E-state index in [9.17, 15) is 19.2 Å². The summed E-state index contributed by atoms with van der Waals surface area (Å²) in [4.78, 5) is 50.9. The number of ether oxygens (including phenoxy) is 4. The van der Waals surface area contributed by atoms with Crippen molar-refractivity contribution in [1.82, 2.24) is 9.80 Å². The predicted octanol–water partition coefficient (Wildman–Crippen LogP) is 3.04. The van der Waals surface area contributed by atoms with Crippen molar-refractivity contribution in [2.45, 2.75) is 118 Å². The average molecular weight is 573 g/mol. The second-order valence-electron chi connectivity index (χ2n) is 14.4. The van der Waals surface area contributed by atoms with Gasteiger partial charge in [0.25, 0.3) is 0 Å². The molecule has 2 rings (SSSR count). The highest BCUT2D eigenvalue weighted by Crippen LogP contribution is 2.23. The Morgan fingerprint density at radius 2 is 0.750 bits per heavy atom. The molecule has 232 valence electrons. The van der Waals surface area contributed by atoms with E-state index in [4.69, 9.17) is 30.4 Å². The first-order valence-corrected chi connectivity index (χ1v) is 13.7. The molecule has 2 aliphatic rings. The van der Waals surface area contributed by atoms with Crippen LogP contribution in [0.5, 0.6) is 0 Å². The van der Waals surface area contributed by atoms with Crippen LogP contribution in [-0.2, 0) is 28.5 Å². The minimum atomic E-state index is -0.564. The fraction of sp³-hybridized carbons (Fsp3) is 0.857. The van der Waals surface area contributed by atoms with Gasteiger partial charge in [-0.15, -0.1) is 0 Å². The normalized spacial score (nSPS) is 23.6. The molecule has 4 N–H and O–H groups in total. The van der Waals surface area contributed by atoms with Crippen molar-refractivity contribution in [1.29, 1.82) is 0 Å². The second kappa shape index (κ2) is 12.9. The van der Waals surface area contributed by atoms with Crippen LogP contribution in [0.25, 0.3) is 0 Å². The largest absolute Gasteiger partial charge is 0.460 e. The molecular formula is C28H52N4O8. The topological polar surface area (TPSA) is 164 Å². The molecule has 2 heterocycles. The molecule has 2 saturated heterocycles. The van der Waals surface area contributed by atoms with Crippen molar-refractivity contribution in [3.63, 3.8) is 0 Å². The SMILES string of the molecule is CC(C)(C)OC(=O)C1CN(C(=O)OC(C)(C)C)CC1N.CC(C)(C)OC(=O)C1CN(C(=O)OC(C)(C)C)CC1N. The Morgan fingerprint density at radius 1 is 0.500 bits per heavy atom. The van der Waals surface area contributed by atoms with Gasteiger partial charge in [0.1, 0.15) is 22.4 Å². The van der Waals surface area contributed by atoms with Gasteiger partial charge >= 0.3 is 24.1 Å². The molecule has 0 radical (unpaired) electrons. The molecular weight excluding hydrogens is 520 g/mol. The minimum Gasteiger partial charge on any atom is -0.460 e. The van der Waals surface area contributed by atoms with E-state index in [1.807, 2.05) is 0 Å². The van der Waals surface area contributed by atoms with E-state index >= 15 is 0 Å². The van der Waals surface area contributed by atoms with Gasteiger partial charge in [0, 0.05) is 38.3 Å². The third kappa shape index (κ3) is 12.7. The maximum absolute atomic E-state index is 12.0. The Morgan fingerprint density at radius 3 is 0.975 bits per heavy atom. The molecule has 12 heteroatoms. The summed E-state index contributed by atoms with van der Waals surface area (Å²) in [6, 6.07) is -0.838. The van der Waals surface area contributed by atoms with Gasteiger partial charge in [-0.2, -0.15) is 0 Å². The van der Waals surface area contributed by atoms with Crippen LogP contribution in [0, 0.1) is 11.8 Å². The molecule has 40 heavy (non-hydrogen) atoms. The Bertz CT molecular complexity index is 837. The molecule has 2 fully saturated rings. The van der Waals surface area contributed by atoms with Gasteiger partial charge in [0.15, 0.2) is 0 Å². The van der Waals surface area contributed by atoms with E-state index in [1.165, 1.54) is 9.80 Å². The highest BCUT2D eigenvalue weighted by Gasteiger charge is 2.42. The van der Waals surface area contributed by atoms with Gasteiger partial charge in [-0.05, 0) is 83.1 Å². The van der Waals surface area contributed by atoms with Gasteiger partial charge < -0.3 is 40.2 Å². The van der Waals surface area contributed by atoms with Gasteiger partial charge in [0.2, 0.25) is 0 Å². The fourth-order valence-electron chi connectivity index (χ4n) is 3.86. The molecule has 0 saturated carbocycles. The number of hydrogen-bond donors (Lipinski definition) is 2. The number of nitrogens with zero attached hydrogens (tertiary/aromatic N) is 2. The number of carbonyl (C=O) groups is 4. The van der Waals surface area contributed by atoms with Crippen LogP contribution in [0.4, 0.5) is 9.59 Å². The summed E-state index contributed by atoms with van der Waals surface area (Å²) >= 11 is 0. The third-order valence-electron chi connectivity index (χ3n) is 5.45. The molecule has 2 aliphatic heterocycles. The Labute approximate surface area is 239 Å². The third-order valence-corrected chi connectivity index (χ3v) is 5.45. The molecule has 0 aromatic heterocycles. The van der Waals surface area contributed by atoms with E-state index < -0.39 is 58.5 Å². The number of nitrogens with two attached hydrogens (primary N) is 2. The number of esters is 2. The number of likely N-dealkylation sites (tertiary alicyclic amines) is 2. The molecule has 0 aliphatic carbocycles. The first-order valence-electron chi connectivity index (χ1n) is 13.7. The zero-order valence-corrected chi connectivity index (χ0v) is 26.5. The van der Waals surface area contributed by atoms with Crippen molar-refractivity contribution < 1.29 is 38.1 Å². The van der Waals surface area contributed by atoms with Crippen LogP contribution in [0.3, 0.4) is 0 Å². The summed E-state index contributed by atoms with van der Waals surface area (Å²) in [5, 5.41) is 0. The minimum absolute atomic E-state index is 0.241. The lowest BCUT2D eigenvalue weighted by Crippen LogP contribution is -2.38. The Balaban J connectivity index is 0.000000400. The van der Waals surface area contributed by atoms with Crippen molar-refractivity contribution in [3.05, 3.63) is 0 Å². The monoisotopic (exact) mass is 572 g/mol. The Hall–Kier alpha value is -2.60. The second-order valence-corrected chi connectivity index (χ2v) is 14.4. The molecule has 4 atom stereocenters. The van der Waals surface area contributed by atoms with E-state index in [0.29, 0.717) is 13.1 Å². The van der Waals surface area contributed by atoms with Crippen molar-refractivity contribution in [3.8, 4) is 0 Å². The van der Waals surface area contributed by atoms with E-state index in [-0.39, 0.29) is 25.0 Å². The van der Waals surface area contributed by atoms with Crippen molar-refractivity contribution >= 4 is 24.1 Å². The zero-order chi connectivity index (χ0) is 31.4. The van der Waals surface area contributed by atoms with Gasteiger partial charge in [0.05, 0.1) is 11.8 Å². The molecule has 4 unspecified atom stereocenters. The standard InChI is InChI=1S/2C14H26N2O4/c2*1-13(2,3)19-11(17)9-7-16(8-10(9)15)12(18)20-14(4,5)6/h2*9-10H,7-8,15H2,1-6H3. The molecule has 0 aromatic rings.